The van der Waals surface area contributed by atoms with Crippen molar-refractivity contribution >= 4 is 0 Å². The van der Waals surface area contributed by atoms with Crippen LogP contribution in [0.25, 0.3) is 0 Å². The van der Waals surface area contributed by atoms with E-state index in [1.165, 1.54) is 0 Å². The normalized spacial score (nSPS) is 43.8. The number of allylic oxidation sites excluding steroid dienone is 30. The van der Waals surface area contributed by atoms with E-state index in [9.17, 15) is 0 Å². The highest BCUT2D eigenvalue weighted by Gasteiger charge is 3.15. The summed E-state index contributed by atoms with van der Waals surface area (Å²) in [6, 6.07) is 0. The van der Waals surface area contributed by atoms with Crippen LogP contribution in [0.15, 0.2) is 167 Å². The van der Waals surface area contributed by atoms with Gasteiger partial charge in [0.1, 0.15) is 97.5 Å². The van der Waals surface area contributed by atoms with Crippen LogP contribution in [-0.2, 0) is 65.0 Å². The van der Waals surface area contributed by atoms with Crippen LogP contribution in [0.5, 0.6) is 0 Å². The van der Waals surface area contributed by atoms with Crippen molar-refractivity contribution in [3.05, 3.63) is 234 Å². The summed E-state index contributed by atoms with van der Waals surface area (Å²) in [6.07, 6.45) is -168. The SMILES string of the molecule is FC(F)(F)C12C3=C4C5=C6C3=C3C7(C(F)(F)F)C1=C1C8(C(F)(F)F)C9=C%10C%11=C%12C9=C9C1(C(F)(F)F)c1c7c7c%13c%14c1C9(C(F)(F)F)C1=C9C%15(C(F)(F)F)C%16=C%17C%18=C%19C%16=C(C%13(C(F)(F)F)C%13=C(C6(C(F)(F)F)C(=C6C5(C(F)(F)F)c5c%16c(c%20c(c5C%186C(F)(F)F)C%17(C(F)(F)F)C(=C%15C%121C(F)(F)F)C%11%20C(F)(F)F)C%10(C(F)(F)F)C(=C28)C4%16C(F)(F)F)C%19%13C(F)(F)F)C37C(F)(F)F)C9%14C(F)(F)F. The van der Waals surface area contributed by atoms with E-state index in [1.807, 2.05) is 0 Å². The van der Waals surface area contributed by atoms with Crippen molar-refractivity contribution in [2.24, 2.45) is 32.5 Å². The molecule has 0 spiro atoms. The quantitative estimate of drug-likeness (QED) is 0.182. The standard InChI is InChI=1S/C78F54/c79-61(80,81)43-10-4-1-5-11(10)44(62(82,83)84)17-16(43)18-20-21-19(17)46(64(88,89)90)13-7-3-9-15(13)48(21,66(94,95)96)33-36-53(71(109,110)111)8-2-6-12(14(8)47(20,33)65(91,92)93)45(18,63(85,86)87)31(43)34-49(4,67(97,98)99)37-39(51(6,34)69(103,104)105)57(75(121,122)123)24-22-23-25-27-26(24)59(29(2)57,77(127,128)129)41(53)42(54(9,36)72(112,113)114)60(27,78(130,131)132)30(3)58(25,76(124,125)126)40-38(56(23,74(118,119)120)28(1)55(22,37)73(115,116)117)50(5,68(100,101)102)35(32(44)46)52(7,40)70(106,107)108. The fraction of sp³-hybridized carbons (Fsp3) is 0.462. The van der Waals surface area contributed by atoms with Gasteiger partial charge in [0.2, 0.25) is 0 Å². The Balaban J connectivity index is 1.15. The van der Waals surface area contributed by atoms with E-state index in [0.717, 1.165) is 0 Å². The summed E-state index contributed by atoms with van der Waals surface area (Å²) < 4.78 is 1090. The van der Waals surface area contributed by atoms with Crippen LogP contribution in [-0.4, -0.2) is 111 Å². The van der Waals surface area contributed by atoms with Crippen LogP contribution >= 0.6 is 0 Å². The molecule has 18 atom stereocenters. The molecule has 0 aliphatic heterocycles. The summed E-state index contributed by atoms with van der Waals surface area (Å²) in [4.78, 5) is 0. The van der Waals surface area contributed by atoms with Crippen LogP contribution in [0.1, 0.15) is 66.8 Å². The van der Waals surface area contributed by atoms with E-state index in [2.05, 4.69) is 0 Å². The van der Waals surface area contributed by atoms with Crippen LogP contribution in [0.4, 0.5) is 237 Å². The van der Waals surface area contributed by atoms with Crippen molar-refractivity contribution in [1.82, 2.24) is 0 Å². The van der Waals surface area contributed by atoms with E-state index in [0.29, 0.717) is 0 Å². The largest absolute Gasteiger partial charge is 0.406 e. The topological polar surface area (TPSA) is 0 Å². The maximum Gasteiger partial charge on any atom is 0.406 e. The summed E-state index contributed by atoms with van der Waals surface area (Å²) in [6.45, 7) is 0. The Hall–Kier alpha value is -9.24. The average molecular weight is 1960 g/mol. The minimum absolute atomic E-state index is 4.95. The molecule has 30 aliphatic carbocycles. The van der Waals surface area contributed by atoms with Crippen LogP contribution < -0.4 is 0 Å². The first-order chi connectivity index (χ1) is 59.1. The molecule has 690 valence electrons. The molecular formula is C78F54. The van der Waals surface area contributed by atoms with Gasteiger partial charge in [-0.05, 0) is 234 Å². The van der Waals surface area contributed by atoms with Crippen molar-refractivity contribution < 1.29 is 237 Å². The minimum atomic E-state index is -9.42. The van der Waals surface area contributed by atoms with Gasteiger partial charge in [0.05, 0.1) is 0 Å². The third-order valence-electron chi connectivity index (χ3n) is 36.9. The van der Waals surface area contributed by atoms with Crippen LogP contribution in [0, 0.1) is 32.5 Å². The zero-order valence-corrected chi connectivity index (χ0v) is 59.4. The molecule has 0 saturated carbocycles. The van der Waals surface area contributed by atoms with Crippen molar-refractivity contribution in [1.29, 1.82) is 0 Å². The summed E-state index contributed by atoms with van der Waals surface area (Å²) in [5, 5.41) is 0. The predicted molar refractivity (Wildman–Crippen MR) is 302 cm³/mol. The minimum Gasteiger partial charge on any atom is -0.169 e. The summed E-state index contributed by atoms with van der Waals surface area (Å²) >= 11 is 0. The van der Waals surface area contributed by atoms with Crippen molar-refractivity contribution in [2.45, 2.75) is 176 Å². The second kappa shape index (κ2) is 16.0. The van der Waals surface area contributed by atoms with Gasteiger partial charge in [-0.2, -0.15) is 237 Å². The number of halogens is 54. The lowest BCUT2D eigenvalue weighted by Gasteiger charge is -2.63. The molecule has 0 aromatic heterocycles. The van der Waals surface area contributed by atoms with Crippen LogP contribution in [0.3, 0.4) is 0 Å². The van der Waals surface area contributed by atoms with Gasteiger partial charge in [-0.1, -0.05) is 0 Å². The third-order valence-corrected chi connectivity index (χ3v) is 36.9. The number of hydrogen-bond acceptors (Lipinski definition) is 0. The van der Waals surface area contributed by atoms with E-state index in [-0.39, 0.29) is 0 Å². The first kappa shape index (κ1) is 78.0. The van der Waals surface area contributed by atoms with E-state index >= 15 is 237 Å². The summed E-state index contributed by atoms with van der Waals surface area (Å²) in [7, 11) is 0. The number of benzene rings is 2. The molecule has 0 heterocycles. The molecule has 2 aromatic carbocycles. The Kier molecular flexibility index (Phi) is 9.47. The van der Waals surface area contributed by atoms with Crippen molar-refractivity contribution in [3.8, 4) is 0 Å². The summed E-state index contributed by atoms with van der Waals surface area (Å²) in [5.41, 5.74) is -371. The van der Waals surface area contributed by atoms with Gasteiger partial charge < -0.3 is 0 Å². The van der Waals surface area contributed by atoms with Gasteiger partial charge in [-0.3, -0.25) is 0 Å². The first-order valence-corrected chi connectivity index (χ1v) is 37.2. The molecule has 30 aliphatic rings. The molecule has 0 nitrogen and oxygen atoms in total. The van der Waals surface area contributed by atoms with Gasteiger partial charge in [0, 0.05) is 0 Å². The zero-order chi connectivity index (χ0) is 96.2. The molecule has 18 unspecified atom stereocenters. The molecule has 0 N–H and O–H groups in total. The summed E-state index contributed by atoms with van der Waals surface area (Å²) in [5.74, 6) is 0. The highest BCUT2D eigenvalue weighted by Crippen LogP contribution is 3.13. The maximum absolute atomic E-state index is 20.1. The molecule has 132 heavy (non-hydrogen) atoms. The third kappa shape index (κ3) is 4.49. The maximum atomic E-state index is 20.1. The molecule has 0 amide bonds. The van der Waals surface area contributed by atoms with Gasteiger partial charge >= 0.3 is 111 Å². The molecular weight excluding hydrogens is 1960 g/mol. The van der Waals surface area contributed by atoms with E-state index in [4.69, 9.17) is 0 Å². The lowest BCUT2D eigenvalue weighted by molar-refractivity contribution is -0.232. The second-order valence-corrected chi connectivity index (χ2v) is 38.2. The fourth-order valence-electron chi connectivity index (χ4n) is 37.4. The molecule has 0 fully saturated rings. The van der Waals surface area contributed by atoms with E-state index in [1.54, 1.807) is 0 Å². The monoisotopic (exact) mass is 1960 g/mol. The van der Waals surface area contributed by atoms with Crippen molar-refractivity contribution in [3.63, 3.8) is 0 Å². The number of alkyl halides is 54. The Bertz CT molecular complexity index is 6520. The Labute approximate surface area is 678 Å². The number of hydrogen-bond donors (Lipinski definition) is 0. The lowest BCUT2D eigenvalue weighted by atomic mass is 9.38. The van der Waals surface area contributed by atoms with Gasteiger partial charge in [-0.25, -0.2) is 0 Å². The van der Waals surface area contributed by atoms with Gasteiger partial charge in [-0.15, -0.1) is 0 Å². The lowest BCUT2D eigenvalue weighted by Crippen LogP contribution is -2.69. The predicted octanol–water partition coefficient (Wildman–Crippen LogP) is 24.1. The first-order valence-electron chi connectivity index (χ1n) is 37.2. The zero-order valence-electron chi connectivity index (χ0n) is 59.4. The average Bonchev–Trinajstić information content (AvgIpc) is 1.33. The molecule has 0 radical (unpaired) electrons. The number of rotatable bonds is 0. The Morgan fingerprint density at radius 1 is 0.0833 bits per heavy atom. The molecule has 54 heteroatoms. The second-order valence-electron chi connectivity index (χ2n) is 38.2. The molecule has 32 rings (SSSR count). The molecule has 0 bridgehead atoms. The Morgan fingerprint density at radius 3 is 0.250 bits per heavy atom. The molecule has 2 aromatic rings. The van der Waals surface area contributed by atoms with Crippen LogP contribution in [0.2, 0.25) is 0 Å². The molecule has 0 saturated heterocycles. The van der Waals surface area contributed by atoms with E-state index < -0.39 is 443 Å². The van der Waals surface area contributed by atoms with Gasteiger partial charge in [0.25, 0.3) is 0 Å². The highest BCUT2D eigenvalue weighted by atomic mass is 19.5. The highest BCUT2D eigenvalue weighted by molar-refractivity contribution is 6.19. The smallest absolute Gasteiger partial charge is 0.169 e. The van der Waals surface area contributed by atoms with Crippen molar-refractivity contribution in [2.75, 3.05) is 0 Å². The fourth-order valence-corrected chi connectivity index (χ4v) is 37.4. The van der Waals surface area contributed by atoms with Gasteiger partial charge in [0.15, 0.2) is 0 Å². The Morgan fingerprint density at radius 2 is 0.159 bits per heavy atom.